The lowest BCUT2D eigenvalue weighted by Crippen LogP contribution is -2.31. The number of hydrogen-bond acceptors (Lipinski definition) is 10. The molecule has 2 aromatic rings. The molecule has 10 nitrogen and oxygen atoms in total. The quantitative estimate of drug-likeness (QED) is 0.751. The highest BCUT2D eigenvalue weighted by atomic mass is 16.6. The van der Waals surface area contributed by atoms with Gasteiger partial charge in [0.2, 0.25) is 0 Å². The van der Waals surface area contributed by atoms with Crippen molar-refractivity contribution in [2.45, 2.75) is 11.7 Å². The van der Waals surface area contributed by atoms with E-state index in [0.717, 1.165) is 0 Å². The first kappa shape index (κ1) is 15.4. The molecule has 25 heavy (non-hydrogen) atoms. The third kappa shape index (κ3) is 2.86. The molecular weight excluding hydrogens is 323 g/mol. The predicted molar refractivity (Wildman–Crippen MR) is 85.0 cm³/mol. The minimum Gasteiger partial charge on any atom is -0.365 e. The zero-order valence-corrected chi connectivity index (χ0v) is 12.9. The van der Waals surface area contributed by atoms with Crippen LogP contribution in [-0.4, -0.2) is 7.69 Å². The van der Waals surface area contributed by atoms with E-state index in [4.69, 9.17) is 9.31 Å². The van der Waals surface area contributed by atoms with Gasteiger partial charge in [0.1, 0.15) is 0 Å². The summed E-state index contributed by atoms with van der Waals surface area (Å²) < 4.78 is 11.5. The first-order valence-corrected chi connectivity index (χ1v) is 7.40. The lowest BCUT2D eigenvalue weighted by molar-refractivity contribution is 0.00698. The van der Waals surface area contributed by atoms with Crippen molar-refractivity contribution in [1.82, 2.24) is 0 Å². The largest absolute Gasteiger partial charge is 0.444 e. The highest BCUT2D eigenvalue weighted by molar-refractivity contribution is 6.18. The van der Waals surface area contributed by atoms with Crippen molar-refractivity contribution in [3.63, 3.8) is 0 Å². The van der Waals surface area contributed by atoms with Crippen molar-refractivity contribution < 1.29 is 9.31 Å². The Bertz CT molecular complexity index is 760. The molecule has 0 saturated heterocycles. The van der Waals surface area contributed by atoms with E-state index in [-0.39, 0.29) is 7.69 Å². The molecule has 0 fully saturated rings. The topological polar surface area (TPSA) is 117 Å². The summed E-state index contributed by atoms with van der Waals surface area (Å²) in [4.78, 5) is 0. The van der Waals surface area contributed by atoms with E-state index in [1.54, 1.807) is 0 Å². The summed E-state index contributed by atoms with van der Waals surface area (Å²) in [6.45, 7) is 0. The fourth-order valence-electron chi connectivity index (χ4n) is 2.38. The summed E-state index contributed by atoms with van der Waals surface area (Å²) in [6, 6.07) is 18.4. The number of nitrogens with zero attached hydrogens (tertiary/aromatic N) is 8. The Hall–Kier alpha value is -3.18. The standard InChI is InChI=1S/C14H11BN8O2/c1-3-7-11(8-4-1)13(16-20-21-17-13)24-15-25-14(18-22-23-19-14)12-9-5-2-6-10-12/h1-10,15H. The minimum absolute atomic E-state index is 0.236. The maximum absolute atomic E-state index is 5.74. The van der Waals surface area contributed by atoms with Gasteiger partial charge in [-0.3, -0.25) is 0 Å². The van der Waals surface area contributed by atoms with Gasteiger partial charge in [-0.2, -0.15) is 0 Å². The Morgan fingerprint density at radius 2 is 0.920 bits per heavy atom. The van der Waals surface area contributed by atoms with Gasteiger partial charge >= 0.3 is 19.4 Å². The maximum Gasteiger partial charge on any atom is 0.444 e. The van der Waals surface area contributed by atoms with Crippen molar-refractivity contribution in [3.05, 3.63) is 71.8 Å². The van der Waals surface area contributed by atoms with Crippen LogP contribution >= 0.6 is 0 Å². The van der Waals surface area contributed by atoms with Crippen molar-refractivity contribution in [2.24, 2.45) is 41.4 Å². The van der Waals surface area contributed by atoms with Crippen molar-refractivity contribution >= 4 is 7.69 Å². The molecule has 0 amide bonds. The van der Waals surface area contributed by atoms with E-state index in [9.17, 15) is 0 Å². The van der Waals surface area contributed by atoms with Crippen LogP contribution in [0.15, 0.2) is 102 Å². The van der Waals surface area contributed by atoms with Gasteiger partial charge in [-0.15, -0.1) is 20.5 Å². The van der Waals surface area contributed by atoms with Gasteiger partial charge in [-0.1, -0.05) is 60.7 Å². The molecule has 11 heteroatoms. The van der Waals surface area contributed by atoms with Gasteiger partial charge in [0, 0.05) is 11.1 Å². The fraction of sp³-hybridized carbons (Fsp3) is 0.143. The number of benzene rings is 2. The molecule has 2 heterocycles. The zero-order valence-electron chi connectivity index (χ0n) is 12.9. The van der Waals surface area contributed by atoms with Crippen LogP contribution in [0.25, 0.3) is 0 Å². The molecule has 2 aliphatic rings. The van der Waals surface area contributed by atoms with Gasteiger partial charge in [-0.05, 0) is 20.9 Å². The Morgan fingerprint density at radius 1 is 0.560 bits per heavy atom. The monoisotopic (exact) mass is 334 g/mol. The van der Waals surface area contributed by atoms with Crippen molar-refractivity contribution in [2.75, 3.05) is 0 Å². The summed E-state index contributed by atoms with van der Waals surface area (Å²) in [5.74, 6) is -2.77. The fourth-order valence-corrected chi connectivity index (χ4v) is 2.38. The summed E-state index contributed by atoms with van der Waals surface area (Å²) in [5, 5.41) is 30.1. The third-order valence-electron chi connectivity index (χ3n) is 3.62. The Labute approximate surface area is 142 Å². The molecule has 2 aromatic carbocycles. The molecule has 0 radical (unpaired) electrons. The van der Waals surface area contributed by atoms with Crippen molar-refractivity contribution in [1.29, 1.82) is 0 Å². The average Bonchev–Trinajstić information content (AvgIpc) is 3.35. The van der Waals surface area contributed by atoms with E-state index >= 15 is 0 Å². The van der Waals surface area contributed by atoms with Crippen LogP contribution in [0.2, 0.25) is 0 Å². The van der Waals surface area contributed by atoms with Gasteiger partial charge in [0.15, 0.2) is 0 Å². The molecule has 0 unspecified atom stereocenters. The minimum atomic E-state index is -1.38. The lowest BCUT2D eigenvalue weighted by Gasteiger charge is -2.24. The second-order valence-corrected chi connectivity index (χ2v) is 5.11. The molecular formula is C14H11BN8O2. The van der Waals surface area contributed by atoms with Gasteiger partial charge in [0.05, 0.1) is 0 Å². The summed E-state index contributed by atoms with van der Waals surface area (Å²) >= 11 is 0. The second-order valence-electron chi connectivity index (χ2n) is 5.11. The first-order chi connectivity index (χ1) is 12.3. The molecule has 122 valence electrons. The van der Waals surface area contributed by atoms with Crippen LogP contribution < -0.4 is 0 Å². The van der Waals surface area contributed by atoms with Gasteiger partial charge in [-0.25, -0.2) is 0 Å². The molecule has 0 bridgehead atoms. The smallest absolute Gasteiger partial charge is 0.365 e. The molecule has 0 N–H and O–H groups in total. The molecule has 0 spiro atoms. The highest BCUT2D eigenvalue weighted by Crippen LogP contribution is 2.36. The molecule has 0 atom stereocenters. The molecule has 4 rings (SSSR count). The van der Waals surface area contributed by atoms with Gasteiger partial charge < -0.3 is 9.31 Å². The predicted octanol–water partition coefficient (Wildman–Crippen LogP) is 3.57. The summed E-state index contributed by atoms with van der Waals surface area (Å²) in [5.41, 5.74) is 1.35. The van der Waals surface area contributed by atoms with Gasteiger partial charge in [0.25, 0.3) is 0 Å². The highest BCUT2D eigenvalue weighted by Gasteiger charge is 2.41. The van der Waals surface area contributed by atoms with Crippen LogP contribution in [0.3, 0.4) is 0 Å². The van der Waals surface area contributed by atoms with Crippen LogP contribution in [0.4, 0.5) is 0 Å². The Kier molecular flexibility index (Phi) is 3.92. The van der Waals surface area contributed by atoms with Crippen LogP contribution in [0.1, 0.15) is 11.1 Å². The summed E-state index contributed by atoms with van der Waals surface area (Å²) in [7, 11) is -0.236. The Morgan fingerprint density at radius 3 is 1.28 bits per heavy atom. The average molecular weight is 334 g/mol. The lowest BCUT2D eigenvalue weighted by atomic mass is 10.1. The molecule has 2 aliphatic heterocycles. The van der Waals surface area contributed by atoms with Crippen LogP contribution in [0.5, 0.6) is 0 Å². The maximum atomic E-state index is 5.74. The van der Waals surface area contributed by atoms with E-state index in [2.05, 4.69) is 41.4 Å². The van der Waals surface area contributed by atoms with Crippen LogP contribution in [0, 0.1) is 0 Å². The third-order valence-corrected chi connectivity index (χ3v) is 3.62. The number of hydrogen-bond donors (Lipinski definition) is 0. The molecule has 0 aliphatic carbocycles. The van der Waals surface area contributed by atoms with E-state index in [1.165, 1.54) is 0 Å². The normalized spacial score (nSPS) is 18.7. The van der Waals surface area contributed by atoms with Crippen LogP contribution in [-0.2, 0) is 21.0 Å². The van der Waals surface area contributed by atoms with Crippen molar-refractivity contribution in [3.8, 4) is 0 Å². The Balaban J connectivity index is 1.53. The SMILES string of the molecule is B(OC1(c2ccccc2)N=NN=N1)OC1(c2ccccc2)N=NN=N1. The molecule has 0 aromatic heterocycles. The van der Waals surface area contributed by atoms with E-state index in [1.807, 2.05) is 60.7 Å². The first-order valence-electron chi connectivity index (χ1n) is 7.40. The molecule has 0 saturated carbocycles. The van der Waals surface area contributed by atoms with E-state index in [0.29, 0.717) is 11.1 Å². The van der Waals surface area contributed by atoms with E-state index < -0.39 is 11.7 Å². The number of rotatable bonds is 6. The zero-order chi connectivity index (χ0) is 17.0. The second kappa shape index (κ2) is 6.38. The summed E-state index contributed by atoms with van der Waals surface area (Å²) in [6.07, 6.45) is 0.